The number of aromatic nitrogens is 1. The van der Waals surface area contributed by atoms with E-state index < -0.39 is 10.0 Å². The summed E-state index contributed by atoms with van der Waals surface area (Å²) in [7, 11) is -2.19. The zero-order valence-electron chi connectivity index (χ0n) is 11.6. The van der Waals surface area contributed by atoms with Crippen molar-refractivity contribution in [1.82, 2.24) is 9.71 Å². The normalized spacial score (nSPS) is 11.4. The Kier molecular flexibility index (Phi) is 4.82. The molecule has 21 heavy (non-hydrogen) atoms. The van der Waals surface area contributed by atoms with Crippen LogP contribution in [0.4, 0.5) is 0 Å². The van der Waals surface area contributed by atoms with Gasteiger partial charge in [0.1, 0.15) is 5.75 Å². The van der Waals surface area contributed by atoms with Crippen LogP contribution in [0.3, 0.4) is 0 Å². The minimum absolute atomic E-state index is 0.117. The van der Waals surface area contributed by atoms with Crippen molar-refractivity contribution in [1.29, 1.82) is 0 Å². The third-order valence-corrected chi connectivity index (χ3v) is 4.75. The smallest absolute Gasteiger partial charge is 0.241 e. The zero-order valence-corrected chi connectivity index (χ0v) is 13.2. The fraction of sp³-hybridized carbons (Fsp3) is 0.214. The first-order valence-corrected chi connectivity index (χ1v) is 8.04. The maximum atomic E-state index is 12.3. The highest BCUT2D eigenvalue weighted by atomic mass is 35.5. The molecule has 0 aliphatic rings. The number of aryl methyl sites for hydroxylation is 1. The molecule has 1 N–H and O–H groups in total. The van der Waals surface area contributed by atoms with Gasteiger partial charge in [0.25, 0.3) is 0 Å². The number of methoxy groups -OCH3 is 1. The average molecular weight is 327 g/mol. The van der Waals surface area contributed by atoms with Gasteiger partial charge in [-0.1, -0.05) is 17.7 Å². The lowest BCUT2D eigenvalue weighted by Gasteiger charge is -2.11. The summed E-state index contributed by atoms with van der Waals surface area (Å²) in [6, 6.07) is 8.29. The third kappa shape index (κ3) is 3.72. The molecular weight excluding hydrogens is 312 g/mol. The fourth-order valence-electron chi connectivity index (χ4n) is 1.83. The van der Waals surface area contributed by atoms with Crippen LogP contribution in [0.2, 0.25) is 5.02 Å². The number of hydrogen-bond donors (Lipinski definition) is 1. The number of nitrogens with zero attached hydrogens (tertiary/aromatic N) is 1. The Balaban J connectivity index is 2.26. The van der Waals surface area contributed by atoms with Crippen LogP contribution in [0.15, 0.2) is 41.4 Å². The van der Waals surface area contributed by atoms with Crippen LogP contribution < -0.4 is 9.46 Å². The summed E-state index contributed by atoms with van der Waals surface area (Å²) in [5.41, 5.74) is 1.20. The largest absolute Gasteiger partial charge is 0.495 e. The van der Waals surface area contributed by atoms with Gasteiger partial charge in [0.2, 0.25) is 10.0 Å². The van der Waals surface area contributed by atoms with E-state index in [9.17, 15) is 8.42 Å². The molecule has 1 aromatic heterocycles. The van der Waals surface area contributed by atoms with Crippen molar-refractivity contribution in [2.24, 2.45) is 0 Å². The van der Waals surface area contributed by atoms with Crippen LogP contribution in [0.1, 0.15) is 11.3 Å². The molecule has 0 saturated heterocycles. The second kappa shape index (κ2) is 6.43. The van der Waals surface area contributed by atoms with E-state index in [1.165, 1.54) is 13.2 Å². The standard InChI is InChI=1S/C14H15ClN2O3S/c1-10-7-13(20-2)12(15)8-14(10)21(18,19)17-9-11-5-3-4-6-16-11/h3-8,17H,9H2,1-2H3. The Morgan fingerprint density at radius 1 is 1.33 bits per heavy atom. The highest BCUT2D eigenvalue weighted by Crippen LogP contribution is 2.30. The fourth-order valence-corrected chi connectivity index (χ4v) is 3.39. The van der Waals surface area contributed by atoms with Gasteiger partial charge in [-0.25, -0.2) is 13.1 Å². The van der Waals surface area contributed by atoms with E-state index in [1.807, 2.05) is 0 Å². The molecular formula is C14H15ClN2O3S. The lowest BCUT2D eigenvalue weighted by atomic mass is 10.2. The summed E-state index contributed by atoms with van der Waals surface area (Å²) in [5.74, 6) is 0.442. The molecule has 1 heterocycles. The molecule has 1 aromatic carbocycles. The molecule has 0 fully saturated rings. The van der Waals surface area contributed by atoms with Crippen LogP contribution in [0.25, 0.3) is 0 Å². The van der Waals surface area contributed by atoms with Gasteiger partial charge in [-0.2, -0.15) is 0 Å². The van der Waals surface area contributed by atoms with Gasteiger partial charge in [0.05, 0.1) is 29.3 Å². The Hall–Kier alpha value is -1.63. The zero-order chi connectivity index (χ0) is 15.5. The maximum absolute atomic E-state index is 12.3. The molecule has 0 bridgehead atoms. The monoisotopic (exact) mass is 326 g/mol. The predicted octanol–water partition coefficient (Wildman–Crippen LogP) is 2.53. The molecule has 5 nitrogen and oxygen atoms in total. The number of rotatable bonds is 5. The Morgan fingerprint density at radius 3 is 2.71 bits per heavy atom. The molecule has 0 amide bonds. The van der Waals surface area contributed by atoms with Gasteiger partial charge in [0.15, 0.2) is 0 Å². The molecule has 0 spiro atoms. The van der Waals surface area contributed by atoms with E-state index in [0.717, 1.165) is 0 Å². The van der Waals surface area contributed by atoms with Crippen molar-refractivity contribution in [3.05, 3.63) is 52.8 Å². The van der Waals surface area contributed by atoms with Gasteiger partial charge >= 0.3 is 0 Å². The molecule has 0 radical (unpaired) electrons. The lowest BCUT2D eigenvalue weighted by Crippen LogP contribution is -2.24. The van der Waals surface area contributed by atoms with E-state index in [4.69, 9.17) is 16.3 Å². The first kappa shape index (κ1) is 15.8. The molecule has 0 unspecified atom stereocenters. The number of pyridine rings is 1. The minimum atomic E-state index is -3.67. The second-order valence-electron chi connectivity index (χ2n) is 4.40. The van der Waals surface area contributed by atoms with Gasteiger partial charge in [-0.3, -0.25) is 4.98 Å². The summed E-state index contributed by atoms with van der Waals surface area (Å²) in [4.78, 5) is 4.20. The third-order valence-electron chi connectivity index (χ3n) is 2.91. The number of nitrogens with one attached hydrogen (secondary N) is 1. The van der Waals surface area contributed by atoms with E-state index in [1.54, 1.807) is 37.4 Å². The molecule has 7 heteroatoms. The summed E-state index contributed by atoms with van der Waals surface area (Å²) in [5, 5.41) is 0.251. The highest BCUT2D eigenvalue weighted by molar-refractivity contribution is 7.89. The first-order valence-electron chi connectivity index (χ1n) is 6.18. The van der Waals surface area contributed by atoms with Crippen molar-refractivity contribution in [2.75, 3.05) is 7.11 Å². The number of halogens is 1. The van der Waals surface area contributed by atoms with Crippen LogP contribution in [-0.4, -0.2) is 20.5 Å². The summed E-state index contributed by atoms with van der Waals surface area (Å²) >= 11 is 6.00. The van der Waals surface area contributed by atoms with Gasteiger partial charge in [-0.15, -0.1) is 0 Å². The van der Waals surface area contributed by atoms with E-state index in [0.29, 0.717) is 17.0 Å². The minimum Gasteiger partial charge on any atom is -0.495 e. The predicted molar refractivity (Wildman–Crippen MR) is 81.0 cm³/mol. The number of sulfonamides is 1. The van der Waals surface area contributed by atoms with E-state index >= 15 is 0 Å². The molecule has 0 aliphatic carbocycles. The lowest BCUT2D eigenvalue weighted by molar-refractivity contribution is 0.414. The topological polar surface area (TPSA) is 68.3 Å². The van der Waals surface area contributed by atoms with E-state index in [2.05, 4.69) is 9.71 Å². The Bertz CT molecular complexity index is 733. The number of hydrogen-bond acceptors (Lipinski definition) is 4. The van der Waals surface area contributed by atoms with Crippen LogP contribution in [-0.2, 0) is 16.6 Å². The van der Waals surface area contributed by atoms with Crippen LogP contribution in [0.5, 0.6) is 5.75 Å². The number of ether oxygens (including phenoxy) is 1. The van der Waals surface area contributed by atoms with Crippen molar-refractivity contribution in [3.63, 3.8) is 0 Å². The molecule has 0 atom stereocenters. The summed E-state index contributed by atoms with van der Waals surface area (Å²) in [6.07, 6.45) is 1.61. The quantitative estimate of drug-likeness (QED) is 0.916. The second-order valence-corrected chi connectivity index (χ2v) is 6.54. The van der Waals surface area contributed by atoms with E-state index in [-0.39, 0.29) is 16.5 Å². The Morgan fingerprint density at radius 2 is 2.10 bits per heavy atom. The van der Waals surface area contributed by atoms with Crippen molar-refractivity contribution < 1.29 is 13.2 Å². The average Bonchev–Trinajstić information content (AvgIpc) is 2.48. The molecule has 2 aromatic rings. The molecule has 2 rings (SSSR count). The first-order chi connectivity index (χ1) is 9.94. The van der Waals surface area contributed by atoms with Crippen molar-refractivity contribution in [2.45, 2.75) is 18.4 Å². The summed E-state index contributed by atoms with van der Waals surface area (Å²) in [6.45, 7) is 1.81. The highest BCUT2D eigenvalue weighted by Gasteiger charge is 2.19. The van der Waals surface area contributed by atoms with Gasteiger partial charge in [0, 0.05) is 6.20 Å². The van der Waals surface area contributed by atoms with Gasteiger partial charge < -0.3 is 4.74 Å². The summed E-state index contributed by atoms with van der Waals surface area (Å²) < 4.78 is 32.3. The number of benzene rings is 1. The molecule has 112 valence electrons. The molecule has 0 aliphatic heterocycles. The van der Waals surface area contributed by atoms with Crippen LogP contribution >= 0.6 is 11.6 Å². The van der Waals surface area contributed by atoms with Crippen molar-refractivity contribution >= 4 is 21.6 Å². The SMILES string of the molecule is COc1cc(C)c(S(=O)(=O)NCc2ccccn2)cc1Cl. The Labute approximate surface area is 129 Å². The van der Waals surface area contributed by atoms with Gasteiger partial charge in [-0.05, 0) is 36.8 Å². The van der Waals surface area contributed by atoms with Crippen LogP contribution in [0, 0.1) is 6.92 Å². The van der Waals surface area contributed by atoms with Crippen molar-refractivity contribution in [3.8, 4) is 5.75 Å². The molecule has 0 saturated carbocycles. The maximum Gasteiger partial charge on any atom is 0.241 e.